The van der Waals surface area contributed by atoms with Crippen molar-refractivity contribution in [3.8, 4) is 0 Å². The number of nitrogens with zero attached hydrogens (tertiary/aromatic N) is 3. The van der Waals surface area contributed by atoms with Gasteiger partial charge in [-0.3, -0.25) is 9.59 Å². The van der Waals surface area contributed by atoms with Gasteiger partial charge in [-0.1, -0.05) is 0 Å². The van der Waals surface area contributed by atoms with Crippen LogP contribution in [-0.2, 0) is 11.3 Å². The van der Waals surface area contributed by atoms with Gasteiger partial charge in [-0.2, -0.15) is 0 Å². The van der Waals surface area contributed by atoms with Crippen LogP contribution in [0.4, 0.5) is 4.79 Å². The Bertz CT molecular complexity index is 743. The van der Waals surface area contributed by atoms with Gasteiger partial charge in [0.05, 0.1) is 6.33 Å². The number of carbonyl (C=O) groups is 3. The first-order valence-corrected chi connectivity index (χ1v) is 9.29. The van der Waals surface area contributed by atoms with E-state index in [2.05, 4.69) is 15.6 Å². The average molecular weight is 377 g/mol. The number of piperidine rings is 1. The minimum absolute atomic E-state index is 0.00675. The van der Waals surface area contributed by atoms with Crippen LogP contribution >= 0.6 is 0 Å². The molecule has 1 atom stereocenters. The second-order valence-electron chi connectivity index (χ2n) is 8.18. The molecule has 0 saturated carbocycles. The van der Waals surface area contributed by atoms with Gasteiger partial charge in [0.2, 0.25) is 0 Å². The Balaban J connectivity index is 1.57. The van der Waals surface area contributed by atoms with Crippen LogP contribution in [0.1, 0.15) is 61.5 Å². The number of rotatable bonds is 2. The summed E-state index contributed by atoms with van der Waals surface area (Å²) in [5, 5.41) is 5.76. The van der Waals surface area contributed by atoms with Crippen molar-refractivity contribution in [3.05, 3.63) is 17.7 Å². The van der Waals surface area contributed by atoms with Crippen LogP contribution in [0.2, 0.25) is 0 Å². The normalized spacial score (nSPS) is 20.7. The summed E-state index contributed by atoms with van der Waals surface area (Å²) in [6.45, 7) is 9.02. The van der Waals surface area contributed by atoms with Crippen LogP contribution in [0.15, 0.2) is 6.33 Å². The van der Waals surface area contributed by atoms with E-state index in [9.17, 15) is 14.4 Å². The first kappa shape index (κ1) is 19.2. The predicted octanol–water partition coefficient (Wildman–Crippen LogP) is 1.14. The molecular weight excluding hydrogens is 350 g/mol. The zero-order valence-corrected chi connectivity index (χ0v) is 16.2. The molecule has 0 bridgehead atoms. The highest BCUT2D eigenvalue weighted by Gasteiger charge is 2.31. The molecule has 0 aliphatic carbocycles. The molecule has 0 spiro atoms. The molecule has 1 aromatic rings. The molecule has 0 unspecified atom stereocenters. The van der Waals surface area contributed by atoms with Crippen LogP contribution < -0.4 is 10.6 Å². The fraction of sp³-hybridized carbons (Fsp3) is 0.667. The Morgan fingerprint density at radius 3 is 2.59 bits per heavy atom. The molecule has 2 aliphatic rings. The highest BCUT2D eigenvalue weighted by molar-refractivity contribution is 6.05. The number of hydrogen-bond acceptors (Lipinski definition) is 5. The molecule has 2 aliphatic heterocycles. The molecule has 0 aromatic carbocycles. The number of hydrogen-bond donors (Lipinski definition) is 2. The quantitative estimate of drug-likeness (QED) is 0.804. The van der Waals surface area contributed by atoms with Crippen molar-refractivity contribution >= 4 is 17.9 Å². The largest absolute Gasteiger partial charge is 0.444 e. The molecule has 0 radical (unpaired) electrons. The van der Waals surface area contributed by atoms with Gasteiger partial charge < -0.3 is 24.8 Å². The van der Waals surface area contributed by atoms with E-state index in [1.165, 1.54) is 6.33 Å². The molecule has 3 heterocycles. The summed E-state index contributed by atoms with van der Waals surface area (Å²) < 4.78 is 7.09. The highest BCUT2D eigenvalue weighted by atomic mass is 16.6. The van der Waals surface area contributed by atoms with Crippen LogP contribution in [0, 0.1) is 0 Å². The summed E-state index contributed by atoms with van der Waals surface area (Å²) in [5.41, 5.74) is -0.0776. The van der Waals surface area contributed by atoms with E-state index in [0.29, 0.717) is 38.2 Å². The van der Waals surface area contributed by atoms with E-state index in [0.717, 1.165) is 0 Å². The van der Waals surface area contributed by atoms with Gasteiger partial charge in [0.15, 0.2) is 5.69 Å². The summed E-state index contributed by atoms with van der Waals surface area (Å²) in [7, 11) is 0. The van der Waals surface area contributed by atoms with Gasteiger partial charge >= 0.3 is 6.09 Å². The van der Waals surface area contributed by atoms with Crippen LogP contribution in [0.5, 0.6) is 0 Å². The van der Waals surface area contributed by atoms with Crippen molar-refractivity contribution in [3.63, 3.8) is 0 Å². The van der Waals surface area contributed by atoms with E-state index >= 15 is 0 Å². The smallest absolute Gasteiger partial charge is 0.410 e. The fourth-order valence-corrected chi connectivity index (χ4v) is 3.34. The molecule has 27 heavy (non-hydrogen) atoms. The second-order valence-corrected chi connectivity index (χ2v) is 8.18. The number of fused-ring (bicyclic) bond motifs is 1. The number of carbonyl (C=O) groups excluding carboxylic acids is 3. The highest BCUT2D eigenvalue weighted by Crippen LogP contribution is 2.17. The van der Waals surface area contributed by atoms with E-state index < -0.39 is 5.60 Å². The topological polar surface area (TPSA) is 106 Å². The van der Waals surface area contributed by atoms with Crippen molar-refractivity contribution < 1.29 is 19.1 Å². The second kappa shape index (κ2) is 7.21. The Morgan fingerprint density at radius 2 is 1.96 bits per heavy atom. The number of ether oxygens (including phenoxy) is 1. The fourth-order valence-electron chi connectivity index (χ4n) is 3.34. The molecule has 1 saturated heterocycles. The van der Waals surface area contributed by atoms with Crippen molar-refractivity contribution in [1.29, 1.82) is 0 Å². The van der Waals surface area contributed by atoms with E-state index in [1.54, 1.807) is 9.47 Å². The van der Waals surface area contributed by atoms with Crippen molar-refractivity contribution in [2.24, 2.45) is 0 Å². The maximum atomic E-state index is 12.6. The molecule has 1 aromatic heterocycles. The standard InChI is InChI=1S/C18H27N5O4/c1-11-9-23-10-19-13(14(23)16(25)20-11)15(24)21-12-5-7-22(8-6-12)17(26)27-18(2,3)4/h10-12H,5-9H2,1-4H3,(H,20,25)(H,21,24)/t11-/m1/s1. The van der Waals surface area contributed by atoms with Gasteiger partial charge in [-0.05, 0) is 40.5 Å². The third kappa shape index (κ3) is 4.40. The zero-order valence-electron chi connectivity index (χ0n) is 16.2. The van der Waals surface area contributed by atoms with Crippen molar-refractivity contribution in [2.45, 2.75) is 64.8 Å². The number of likely N-dealkylation sites (tertiary alicyclic amines) is 1. The maximum absolute atomic E-state index is 12.6. The van der Waals surface area contributed by atoms with E-state index in [1.807, 2.05) is 27.7 Å². The first-order chi connectivity index (χ1) is 12.6. The van der Waals surface area contributed by atoms with Crippen molar-refractivity contribution in [1.82, 2.24) is 25.1 Å². The molecule has 148 valence electrons. The minimum atomic E-state index is -0.527. The summed E-state index contributed by atoms with van der Waals surface area (Å²) in [4.78, 5) is 42.7. The summed E-state index contributed by atoms with van der Waals surface area (Å²) in [6, 6.07) is -0.0635. The molecule has 3 rings (SSSR count). The van der Waals surface area contributed by atoms with E-state index in [4.69, 9.17) is 4.74 Å². The Morgan fingerprint density at radius 1 is 1.30 bits per heavy atom. The zero-order chi connectivity index (χ0) is 19.8. The van der Waals surface area contributed by atoms with Gasteiger partial charge in [0.25, 0.3) is 11.8 Å². The number of aromatic nitrogens is 2. The number of amides is 3. The SMILES string of the molecule is C[C@@H]1Cn2cnc(C(=O)NC3CCN(C(=O)OC(C)(C)C)CC3)c2C(=O)N1. The van der Waals surface area contributed by atoms with Crippen LogP contribution in [0.3, 0.4) is 0 Å². The van der Waals surface area contributed by atoms with Gasteiger partial charge in [-0.25, -0.2) is 9.78 Å². The Kier molecular flexibility index (Phi) is 5.12. The summed E-state index contributed by atoms with van der Waals surface area (Å²) >= 11 is 0. The van der Waals surface area contributed by atoms with Crippen LogP contribution in [-0.4, -0.2) is 63.1 Å². The molecule has 2 N–H and O–H groups in total. The predicted molar refractivity (Wildman–Crippen MR) is 97.5 cm³/mol. The first-order valence-electron chi connectivity index (χ1n) is 9.29. The third-order valence-electron chi connectivity index (χ3n) is 4.60. The average Bonchev–Trinajstić information content (AvgIpc) is 2.98. The monoisotopic (exact) mass is 377 g/mol. The molecule has 1 fully saturated rings. The molecular formula is C18H27N5O4. The molecule has 9 nitrogen and oxygen atoms in total. The van der Waals surface area contributed by atoms with Gasteiger partial charge in [0, 0.05) is 31.7 Å². The maximum Gasteiger partial charge on any atom is 0.410 e. The Labute approximate surface area is 158 Å². The lowest BCUT2D eigenvalue weighted by Gasteiger charge is -2.33. The summed E-state index contributed by atoms with van der Waals surface area (Å²) in [5.74, 6) is -0.639. The lowest BCUT2D eigenvalue weighted by atomic mass is 10.0. The van der Waals surface area contributed by atoms with Crippen molar-refractivity contribution in [2.75, 3.05) is 13.1 Å². The minimum Gasteiger partial charge on any atom is -0.444 e. The lowest BCUT2D eigenvalue weighted by Crippen LogP contribution is -2.48. The van der Waals surface area contributed by atoms with Gasteiger partial charge in [-0.15, -0.1) is 0 Å². The summed E-state index contributed by atoms with van der Waals surface area (Å²) in [6.07, 6.45) is 2.46. The van der Waals surface area contributed by atoms with Crippen LogP contribution in [0.25, 0.3) is 0 Å². The Hall–Kier alpha value is -2.58. The number of imidazole rings is 1. The molecule has 3 amide bonds. The van der Waals surface area contributed by atoms with Gasteiger partial charge in [0.1, 0.15) is 11.3 Å². The third-order valence-corrected chi connectivity index (χ3v) is 4.60. The van der Waals surface area contributed by atoms with E-state index in [-0.39, 0.29) is 35.7 Å². The number of nitrogens with one attached hydrogen (secondary N) is 2. The lowest BCUT2D eigenvalue weighted by molar-refractivity contribution is 0.0199. The molecule has 9 heteroatoms.